The maximum atomic E-state index is 12.2. The first-order valence-electron chi connectivity index (χ1n) is 6.19. The summed E-state index contributed by atoms with van der Waals surface area (Å²) in [6.45, 7) is 0.370. The van der Waals surface area contributed by atoms with Crippen LogP contribution in [0.2, 0.25) is 0 Å². The summed E-state index contributed by atoms with van der Waals surface area (Å²) in [6.07, 6.45) is 2.29. The highest BCUT2D eigenvalue weighted by atomic mass is 32.2. The molecule has 1 aliphatic rings. The van der Waals surface area contributed by atoms with Crippen molar-refractivity contribution >= 4 is 21.6 Å². The molecule has 1 atom stereocenters. The van der Waals surface area contributed by atoms with E-state index < -0.39 is 16.1 Å². The van der Waals surface area contributed by atoms with Crippen molar-refractivity contribution in [1.82, 2.24) is 4.31 Å². The van der Waals surface area contributed by atoms with Crippen molar-refractivity contribution in [3.8, 4) is 6.07 Å². The van der Waals surface area contributed by atoms with E-state index in [9.17, 15) is 13.2 Å². The van der Waals surface area contributed by atoms with E-state index >= 15 is 0 Å². The molecule has 0 bridgehead atoms. The molecule has 1 amide bonds. The number of carbonyl (C=O) groups excluding carboxylic acids is 1. The van der Waals surface area contributed by atoms with Crippen LogP contribution >= 0.6 is 0 Å². The van der Waals surface area contributed by atoms with Crippen LogP contribution in [0.25, 0.3) is 0 Å². The third-order valence-electron chi connectivity index (χ3n) is 3.19. The number of benzene rings is 1. The molecule has 20 heavy (non-hydrogen) atoms. The van der Waals surface area contributed by atoms with Gasteiger partial charge >= 0.3 is 0 Å². The van der Waals surface area contributed by atoms with E-state index in [2.05, 4.69) is 5.32 Å². The van der Waals surface area contributed by atoms with Crippen molar-refractivity contribution in [3.05, 3.63) is 29.8 Å². The maximum absolute atomic E-state index is 12.2. The van der Waals surface area contributed by atoms with Crippen molar-refractivity contribution in [2.45, 2.75) is 18.9 Å². The first kappa shape index (κ1) is 14.5. The van der Waals surface area contributed by atoms with Gasteiger partial charge in [0.05, 0.1) is 17.9 Å². The minimum Gasteiger partial charge on any atom is -0.325 e. The second kappa shape index (κ2) is 5.61. The lowest BCUT2D eigenvalue weighted by Crippen LogP contribution is -2.42. The number of hydrogen-bond donors (Lipinski definition) is 1. The van der Waals surface area contributed by atoms with Gasteiger partial charge in [0, 0.05) is 12.2 Å². The van der Waals surface area contributed by atoms with Gasteiger partial charge in [0.1, 0.15) is 6.04 Å². The zero-order valence-electron chi connectivity index (χ0n) is 11.0. The summed E-state index contributed by atoms with van der Waals surface area (Å²) in [5.41, 5.74) is 0.934. The molecule has 7 heteroatoms. The van der Waals surface area contributed by atoms with Gasteiger partial charge < -0.3 is 5.32 Å². The molecule has 1 saturated heterocycles. The Labute approximate surface area is 118 Å². The van der Waals surface area contributed by atoms with Crippen LogP contribution in [0.15, 0.2) is 24.3 Å². The molecule has 1 aromatic rings. The molecule has 2 rings (SSSR count). The predicted molar refractivity (Wildman–Crippen MR) is 74.4 cm³/mol. The van der Waals surface area contributed by atoms with Crippen LogP contribution in [-0.2, 0) is 14.8 Å². The molecule has 1 aromatic carbocycles. The highest BCUT2D eigenvalue weighted by Crippen LogP contribution is 2.22. The van der Waals surface area contributed by atoms with Crippen molar-refractivity contribution in [1.29, 1.82) is 5.26 Å². The van der Waals surface area contributed by atoms with Crippen molar-refractivity contribution < 1.29 is 13.2 Å². The van der Waals surface area contributed by atoms with E-state index in [1.54, 1.807) is 24.3 Å². The number of nitrogens with one attached hydrogen (secondary N) is 1. The average Bonchev–Trinajstić information content (AvgIpc) is 2.88. The molecular formula is C13H15N3O3S. The zero-order valence-corrected chi connectivity index (χ0v) is 11.9. The Bertz CT molecular complexity index is 664. The predicted octanol–water partition coefficient (Wildman–Crippen LogP) is 0.921. The fourth-order valence-electron chi connectivity index (χ4n) is 2.29. The summed E-state index contributed by atoms with van der Waals surface area (Å²) >= 11 is 0. The summed E-state index contributed by atoms with van der Waals surface area (Å²) in [5.74, 6) is -0.358. The molecule has 1 heterocycles. The van der Waals surface area contributed by atoms with E-state index in [-0.39, 0.29) is 5.91 Å². The number of amides is 1. The quantitative estimate of drug-likeness (QED) is 0.897. The summed E-state index contributed by atoms with van der Waals surface area (Å²) < 4.78 is 24.4. The Balaban J connectivity index is 2.14. The van der Waals surface area contributed by atoms with Gasteiger partial charge in [0.2, 0.25) is 15.9 Å². The fraction of sp³-hybridized carbons (Fsp3) is 0.385. The smallest absolute Gasteiger partial charge is 0.242 e. The lowest BCUT2D eigenvalue weighted by molar-refractivity contribution is -0.119. The molecule has 0 radical (unpaired) electrons. The van der Waals surface area contributed by atoms with Gasteiger partial charge in [-0.1, -0.05) is 6.07 Å². The summed E-state index contributed by atoms with van der Waals surface area (Å²) in [5, 5.41) is 11.5. The lowest BCUT2D eigenvalue weighted by Gasteiger charge is -2.21. The standard InChI is InChI=1S/C13H15N3O3S/c1-20(18,19)16-7-3-6-12(16)13(17)15-11-5-2-4-10(8-11)9-14/h2,4-5,8,12H,3,6-7H2,1H3,(H,15,17). The highest BCUT2D eigenvalue weighted by Gasteiger charge is 2.36. The van der Waals surface area contributed by atoms with Crippen LogP contribution in [0.1, 0.15) is 18.4 Å². The SMILES string of the molecule is CS(=O)(=O)N1CCCC1C(=O)Nc1cccc(C#N)c1. The molecule has 0 spiro atoms. The molecule has 0 saturated carbocycles. The minimum atomic E-state index is -3.38. The molecule has 1 aliphatic heterocycles. The number of anilines is 1. The molecule has 1 fully saturated rings. The molecule has 6 nitrogen and oxygen atoms in total. The molecule has 0 aromatic heterocycles. The van der Waals surface area contributed by atoms with Crippen molar-refractivity contribution in [2.24, 2.45) is 0 Å². The maximum Gasteiger partial charge on any atom is 0.242 e. The number of nitrogens with zero attached hydrogens (tertiary/aromatic N) is 2. The fourth-order valence-corrected chi connectivity index (χ4v) is 3.42. The largest absolute Gasteiger partial charge is 0.325 e. The monoisotopic (exact) mass is 293 g/mol. The molecule has 1 N–H and O–H groups in total. The topological polar surface area (TPSA) is 90.3 Å². The van der Waals surface area contributed by atoms with Crippen LogP contribution < -0.4 is 5.32 Å². The first-order chi connectivity index (χ1) is 9.41. The molecule has 1 unspecified atom stereocenters. The van der Waals surface area contributed by atoms with Gasteiger partial charge in [-0.3, -0.25) is 4.79 Å². The van der Waals surface area contributed by atoms with Crippen molar-refractivity contribution in [3.63, 3.8) is 0 Å². The second-order valence-electron chi connectivity index (χ2n) is 4.71. The Morgan fingerprint density at radius 2 is 2.25 bits per heavy atom. The number of carbonyl (C=O) groups is 1. The average molecular weight is 293 g/mol. The summed E-state index contributed by atoms with van der Waals surface area (Å²) in [7, 11) is -3.38. The van der Waals surface area contributed by atoms with Crippen LogP contribution in [0.5, 0.6) is 0 Å². The Kier molecular flexibility index (Phi) is 4.06. The van der Waals surface area contributed by atoms with Gasteiger partial charge in [0.15, 0.2) is 0 Å². The number of rotatable bonds is 3. The molecule has 0 aliphatic carbocycles. The summed E-state index contributed by atoms with van der Waals surface area (Å²) in [4.78, 5) is 12.2. The normalized spacial score (nSPS) is 19.5. The van der Waals surface area contributed by atoms with E-state index in [1.807, 2.05) is 6.07 Å². The Morgan fingerprint density at radius 3 is 2.90 bits per heavy atom. The second-order valence-corrected chi connectivity index (χ2v) is 6.65. The van der Waals surface area contributed by atoms with Crippen LogP contribution in [-0.4, -0.2) is 37.5 Å². The van der Waals surface area contributed by atoms with Crippen LogP contribution in [0, 0.1) is 11.3 Å². The highest BCUT2D eigenvalue weighted by molar-refractivity contribution is 7.88. The van der Waals surface area contributed by atoms with Gasteiger partial charge in [0.25, 0.3) is 0 Å². The van der Waals surface area contributed by atoms with Gasteiger partial charge in [-0.05, 0) is 31.0 Å². The Hall–Kier alpha value is -1.91. The van der Waals surface area contributed by atoms with E-state index in [1.165, 1.54) is 4.31 Å². The van der Waals surface area contributed by atoms with Gasteiger partial charge in [-0.25, -0.2) is 8.42 Å². The van der Waals surface area contributed by atoms with Crippen LogP contribution in [0.4, 0.5) is 5.69 Å². The molecule has 106 valence electrons. The summed E-state index contributed by atoms with van der Waals surface area (Å²) in [6, 6.07) is 7.83. The zero-order chi connectivity index (χ0) is 14.8. The minimum absolute atomic E-state index is 0.358. The third kappa shape index (κ3) is 3.15. The third-order valence-corrected chi connectivity index (χ3v) is 4.48. The van der Waals surface area contributed by atoms with Gasteiger partial charge in [-0.15, -0.1) is 0 Å². The first-order valence-corrected chi connectivity index (χ1v) is 8.04. The Morgan fingerprint density at radius 1 is 1.50 bits per heavy atom. The number of hydrogen-bond acceptors (Lipinski definition) is 4. The molecular weight excluding hydrogens is 278 g/mol. The van der Waals surface area contributed by atoms with Crippen molar-refractivity contribution in [2.75, 3.05) is 18.1 Å². The lowest BCUT2D eigenvalue weighted by atomic mass is 10.2. The van der Waals surface area contributed by atoms with E-state index in [0.29, 0.717) is 30.6 Å². The van der Waals surface area contributed by atoms with E-state index in [4.69, 9.17) is 5.26 Å². The number of sulfonamides is 1. The van der Waals surface area contributed by atoms with E-state index in [0.717, 1.165) is 6.26 Å². The number of nitriles is 1. The van der Waals surface area contributed by atoms with Gasteiger partial charge in [-0.2, -0.15) is 9.57 Å². The van der Waals surface area contributed by atoms with Crippen LogP contribution in [0.3, 0.4) is 0 Å².